The van der Waals surface area contributed by atoms with Crippen LogP contribution in [-0.4, -0.2) is 60.2 Å². The Morgan fingerprint density at radius 1 is 1.17 bits per heavy atom. The summed E-state index contributed by atoms with van der Waals surface area (Å²) in [6.07, 6.45) is 3.45. The van der Waals surface area contributed by atoms with Crippen LogP contribution in [0.25, 0.3) is 0 Å². The van der Waals surface area contributed by atoms with E-state index in [1.54, 1.807) is 4.90 Å². The van der Waals surface area contributed by atoms with Gasteiger partial charge >= 0.3 is 0 Å². The van der Waals surface area contributed by atoms with E-state index in [0.717, 1.165) is 19.3 Å². The fourth-order valence-corrected chi connectivity index (χ4v) is 2.32. The fraction of sp³-hybridized carbons (Fsp3) is 0.750. The number of nitrogens with zero attached hydrogens (tertiary/aromatic N) is 2. The van der Waals surface area contributed by atoms with E-state index >= 15 is 0 Å². The Kier molecular flexibility index (Phi) is 4.17. The van der Waals surface area contributed by atoms with Crippen LogP contribution in [0, 0.1) is 0 Å². The van der Waals surface area contributed by atoms with Gasteiger partial charge in [-0.05, 0) is 12.8 Å². The van der Waals surface area contributed by atoms with Crippen LogP contribution in [0.15, 0.2) is 0 Å². The molecule has 2 saturated heterocycles. The highest BCUT2D eigenvalue weighted by atomic mass is 16.2. The molecule has 2 aliphatic heterocycles. The van der Waals surface area contributed by atoms with Gasteiger partial charge in [0.1, 0.15) is 0 Å². The van der Waals surface area contributed by atoms with Gasteiger partial charge in [-0.15, -0.1) is 0 Å². The lowest BCUT2D eigenvalue weighted by molar-refractivity contribution is -0.143. The highest BCUT2D eigenvalue weighted by Gasteiger charge is 2.25. The Balaban J connectivity index is 1.89. The first-order valence-corrected chi connectivity index (χ1v) is 6.49. The lowest BCUT2D eigenvalue weighted by atomic mass is 10.2. The number of likely N-dealkylation sites (tertiary alicyclic amines) is 1. The van der Waals surface area contributed by atoms with E-state index in [4.69, 9.17) is 0 Å². The van der Waals surface area contributed by atoms with Crippen LogP contribution in [0.3, 0.4) is 0 Å². The Morgan fingerprint density at radius 2 is 2.00 bits per heavy atom. The van der Waals surface area contributed by atoms with Gasteiger partial charge in [0, 0.05) is 26.1 Å². The molecule has 0 aromatic heterocycles. The highest BCUT2D eigenvalue weighted by molar-refractivity contribution is 5.89. The lowest BCUT2D eigenvalue weighted by Gasteiger charge is -2.29. The number of piperazine rings is 1. The van der Waals surface area contributed by atoms with Gasteiger partial charge in [0.15, 0.2) is 0 Å². The molecule has 2 aliphatic rings. The van der Waals surface area contributed by atoms with Gasteiger partial charge in [-0.25, -0.2) is 0 Å². The van der Waals surface area contributed by atoms with Gasteiger partial charge in [-0.2, -0.15) is 0 Å². The molecule has 0 aromatic carbocycles. The molecule has 0 aromatic rings. The van der Waals surface area contributed by atoms with Crippen LogP contribution in [0.1, 0.15) is 25.7 Å². The molecule has 0 bridgehead atoms. The van der Waals surface area contributed by atoms with Crippen molar-refractivity contribution >= 4 is 17.7 Å². The second-order valence-corrected chi connectivity index (χ2v) is 4.79. The van der Waals surface area contributed by atoms with Crippen molar-refractivity contribution in [3.05, 3.63) is 0 Å². The topological polar surface area (TPSA) is 69.7 Å². The van der Waals surface area contributed by atoms with E-state index in [0.29, 0.717) is 26.1 Å². The second kappa shape index (κ2) is 5.84. The van der Waals surface area contributed by atoms with Gasteiger partial charge in [-0.3, -0.25) is 14.4 Å². The van der Waals surface area contributed by atoms with Crippen LogP contribution in [-0.2, 0) is 14.4 Å². The summed E-state index contributed by atoms with van der Waals surface area (Å²) in [6, 6.07) is 0. The average Bonchev–Trinajstić information content (AvgIpc) is 2.55. The van der Waals surface area contributed by atoms with E-state index in [1.807, 2.05) is 0 Å². The molecule has 2 fully saturated rings. The molecule has 0 radical (unpaired) electrons. The summed E-state index contributed by atoms with van der Waals surface area (Å²) in [5.74, 6) is -0.195. The number of rotatable bonds is 2. The Morgan fingerprint density at radius 3 is 2.78 bits per heavy atom. The molecule has 6 nitrogen and oxygen atoms in total. The molecule has 0 unspecified atom stereocenters. The number of carbonyl (C=O) groups is 3. The molecular weight excluding hydrogens is 234 g/mol. The summed E-state index contributed by atoms with van der Waals surface area (Å²) in [7, 11) is 0. The molecule has 0 aliphatic carbocycles. The SMILES string of the molecule is O=C1CN(C(=O)CN2CCCCCC2=O)CCN1. The third-order valence-electron chi connectivity index (χ3n) is 3.39. The summed E-state index contributed by atoms with van der Waals surface area (Å²) >= 11 is 0. The molecule has 3 amide bonds. The molecule has 2 rings (SSSR count). The normalized spacial score (nSPS) is 21.6. The summed E-state index contributed by atoms with van der Waals surface area (Å²) in [6.45, 7) is 1.92. The zero-order valence-corrected chi connectivity index (χ0v) is 10.5. The van der Waals surface area contributed by atoms with Crippen LogP contribution < -0.4 is 5.32 Å². The van der Waals surface area contributed by atoms with Gasteiger partial charge < -0.3 is 15.1 Å². The van der Waals surface area contributed by atoms with Gasteiger partial charge in [0.05, 0.1) is 13.1 Å². The Labute approximate surface area is 106 Å². The quantitative estimate of drug-likeness (QED) is 0.711. The minimum atomic E-state index is -0.128. The van der Waals surface area contributed by atoms with Crippen LogP contribution in [0.5, 0.6) is 0 Å². The Hall–Kier alpha value is -1.59. The van der Waals surface area contributed by atoms with Gasteiger partial charge in [0.2, 0.25) is 17.7 Å². The number of nitrogens with one attached hydrogen (secondary N) is 1. The van der Waals surface area contributed by atoms with Gasteiger partial charge in [-0.1, -0.05) is 6.42 Å². The van der Waals surface area contributed by atoms with Crippen molar-refractivity contribution in [1.82, 2.24) is 15.1 Å². The van der Waals surface area contributed by atoms with E-state index in [1.165, 1.54) is 4.90 Å². The summed E-state index contributed by atoms with van der Waals surface area (Å²) in [5, 5.41) is 2.68. The summed E-state index contributed by atoms with van der Waals surface area (Å²) in [5.41, 5.74) is 0. The minimum Gasteiger partial charge on any atom is -0.353 e. The van der Waals surface area contributed by atoms with Crippen LogP contribution in [0.4, 0.5) is 0 Å². The van der Waals surface area contributed by atoms with Crippen molar-refractivity contribution in [2.24, 2.45) is 0 Å². The monoisotopic (exact) mass is 253 g/mol. The molecule has 0 spiro atoms. The zero-order valence-electron chi connectivity index (χ0n) is 10.5. The minimum absolute atomic E-state index is 0.0577. The maximum absolute atomic E-state index is 12.0. The van der Waals surface area contributed by atoms with Crippen LogP contribution in [0.2, 0.25) is 0 Å². The van der Waals surface area contributed by atoms with Crippen LogP contribution >= 0.6 is 0 Å². The largest absolute Gasteiger partial charge is 0.353 e. The van der Waals surface area contributed by atoms with E-state index in [2.05, 4.69) is 5.32 Å². The number of amides is 3. The standard InChI is InChI=1S/C12H19N3O3/c16-10-8-15(7-5-13-10)12(18)9-14-6-3-1-2-4-11(14)17/h1-9H2,(H,13,16). The van der Waals surface area contributed by atoms with Crippen molar-refractivity contribution in [1.29, 1.82) is 0 Å². The summed E-state index contributed by atoms with van der Waals surface area (Å²) < 4.78 is 0. The molecule has 1 N–H and O–H groups in total. The molecule has 100 valence electrons. The zero-order chi connectivity index (χ0) is 13.0. The van der Waals surface area contributed by atoms with Crippen molar-refractivity contribution < 1.29 is 14.4 Å². The summed E-state index contributed by atoms with van der Waals surface area (Å²) in [4.78, 5) is 38.2. The molecule has 2 heterocycles. The van der Waals surface area contributed by atoms with E-state index in [9.17, 15) is 14.4 Å². The molecule has 0 atom stereocenters. The third-order valence-corrected chi connectivity index (χ3v) is 3.39. The molecule has 18 heavy (non-hydrogen) atoms. The fourth-order valence-electron chi connectivity index (χ4n) is 2.32. The average molecular weight is 253 g/mol. The molecular formula is C12H19N3O3. The molecule has 6 heteroatoms. The van der Waals surface area contributed by atoms with E-state index in [-0.39, 0.29) is 30.8 Å². The first kappa shape index (κ1) is 12.9. The van der Waals surface area contributed by atoms with Crippen molar-refractivity contribution in [2.75, 3.05) is 32.7 Å². The first-order valence-electron chi connectivity index (χ1n) is 6.49. The predicted molar refractivity (Wildman–Crippen MR) is 64.6 cm³/mol. The van der Waals surface area contributed by atoms with Gasteiger partial charge in [0.25, 0.3) is 0 Å². The third kappa shape index (κ3) is 3.21. The highest BCUT2D eigenvalue weighted by Crippen LogP contribution is 2.11. The smallest absolute Gasteiger partial charge is 0.242 e. The first-order chi connectivity index (χ1) is 8.66. The maximum atomic E-state index is 12.0. The molecule has 0 saturated carbocycles. The predicted octanol–water partition coefficient (Wildman–Crippen LogP) is -0.653. The van der Waals surface area contributed by atoms with Crippen molar-refractivity contribution in [3.63, 3.8) is 0 Å². The maximum Gasteiger partial charge on any atom is 0.242 e. The lowest BCUT2D eigenvalue weighted by Crippen LogP contribution is -2.52. The number of carbonyl (C=O) groups excluding carboxylic acids is 3. The van der Waals surface area contributed by atoms with Crippen molar-refractivity contribution in [2.45, 2.75) is 25.7 Å². The second-order valence-electron chi connectivity index (χ2n) is 4.79. The van der Waals surface area contributed by atoms with E-state index < -0.39 is 0 Å². The Bertz CT molecular complexity index is 356. The van der Waals surface area contributed by atoms with Crippen molar-refractivity contribution in [3.8, 4) is 0 Å². The number of hydrogen-bond donors (Lipinski definition) is 1. The number of hydrogen-bond acceptors (Lipinski definition) is 3.